The van der Waals surface area contributed by atoms with E-state index in [4.69, 9.17) is 0 Å². The summed E-state index contributed by atoms with van der Waals surface area (Å²) in [6.45, 7) is 9.48. The minimum Gasteiger partial charge on any atom is -0.364 e. The second-order valence-electron chi connectivity index (χ2n) is 8.05. The lowest BCUT2D eigenvalue weighted by molar-refractivity contribution is 0.293. The fourth-order valence-electron chi connectivity index (χ4n) is 4.42. The first-order valence-electron chi connectivity index (χ1n) is 9.83. The van der Waals surface area contributed by atoms with Crippen LogP contribution in [0.4, 0.5) is 25.8 Å². The largest absolute Gasteiger partial charge is 0.364 e. The first-order chi connectivity index (χ1) is 13.0. The van der Waals surface area contributed by atoms with Crippen LogP contribution < -0.4 is 9.80 Å². The lowest BCUT2D eigenvalue weighted by Gasteiger charge is -2.42. The Labute approximate surface area is 160 Å². The van der Waals surface area contributed by atoms with Crippen molar-refractivity contribution in [1.29, 1.82) is 0 Å². The van der Waals surface area contributed by atoms with Gasteiger partial charge in [0.05, 0.1) is 11.4 Å². The molecule has 1 atom stereocenters. The van der Waals surface area contributed by atoms with Gasteiger partial charge in [-0.3, -0.25) is 0 Å². The molecule has 0 spiro atoms. The highest BCUT2D eigenvalue weighted by molar-refractivity contribution is 5.79. The minimum absolute atomic E-state index is 0.240. The summed E-state index contributed by atoms with van der Waals surface area (Å²) in [6.07, 6.45) is 1.14. The summed E-state index contributed by atoms with van der Waals surface area (Å²) < 4.78 is 27.4. The van der Waals surface area contributed by atoms with Crippen molar-refractivity contribution in [1.82, 2.24) is 4.90 Å². The number of halogens is 2. The van der Waals surface area contributed by atoms with Crippen LogP contribution in [0.1, 0.15) is 20.3 Å². The molecule has 0 radical (unpaired) electrons. The standard InChI is InChI=1S/C22H27F2N3/c1-16(2)14-25-10-9-20(15-25)27-12-11-26(19-6-3-17(23)4-7-19)22-13-18(24)5-8-21(22)27/h3-8,13,16,20H,9-12,14-15H2,1-2H3/t20-/m1/s1. The summed E-state index contributed by atoms with van der Waals surface area (Å²) in [5, 5.41) is 0. The van der Waals surface area contributed by atoms with E-state index in [2.05, 4.69) is 28.5 Å². The van der Waals surface area contributed by atoms with Gasteiger partial charge in [0.1, 0.15) is 11.6 Å². The molecule has 2 aliphatic rings. The lowest BCUT2D eigenvalue weighted by atomic mass is 10.1. The van der Waals surface area contributed by atoms with Gasteiger partial charge in [0, 0.05) is 44.5 Å². The Morgan fingerprint density at radius 2 is 1.67 bits per heavy atom. The van der Waals surface area contributed by atoms with Crippen molar-refractivity contribution in [3.8, 4) is 0 Å². The third kappa shape index (κ3) is 3.79. The zero-order valence-corrected chi connectivity index (χ0v) is 16.0. The number of anilines is 3. The summed E-state index contributed by atoms with van der Waals surface area (Å²) in [5.74, 6) is 0.170. The summed E-state index contributed by atoms with van der Waals surface area (Å²) in [5.41, 5.74) is 2.84. The number of fused-ring (bicyclic) bond motifs is 1. The molecule has 3 nitrogen and oxygen atoms in total. The summed E-state index contributed by atoms with van der Waals surface area (Å²) in [4.78, 5) is 7.06. The van der Waals surface area contributed by atoms with E-state index in [0.717, 1.165) is 56.2 Å². The predicted octanol–water partition coefficient (Wildman–Crippen LogP) is 4.65. The van der Waals surface area contributed by atoms with E-state index in [1.807, 2.05) is 6.07 Å². The molecule has 2 aromatic rings. The summed E-state index contributed by atoms with van der Waals surface area (Å²) in [7, 11) is 0. The van der Waals surface area contributed by atoms with Crippen LogP contribution in [-0.2, 0) is 0 Å². The van der Waals surface area contributed by atoms with Crippen LogP contribution in [0.15, 0.2) is 42.5 Å². The Morgan fingerprint density at radius 3 is 2.41 bits per heavy atom. The van der Waals surface area contributed by atoms with Crippen LogP contribution in [-0.4, -0.2) is 43.7 Å². The third-order valence-corrected chi connectivity index (χ3v) is 5.55. The van der Waals surface area contributed by atoms with Gasteiger partial charge in [-0.05, 0) is 54.8 Å². The number of hydrogen-bond acceptors (Lipinski definition) is 3. The maximum atomic E-state index is 14.0. The average Bonchev–Trinajstić information content (AvgIpc) is 3.09. The van der Waals surface area contributed by atoms with Crippen LogP contribution in [0.2, 0.25) is 0 Å². The number of hydrogen-bond donors (Lipinski definition) is 0. The van der Waals surface area contributed by atoms with Crippen molar-refractivity contribution in [3.63, 3.8) is 0 Å². The van der Waals surface area contributed by atoms with Crippen LogP contribution in [0, 0.1) is 17.6 Å². The zero-order valence-electron chi connectivity index (χ0n) is 16.0. The highest BCUT2D eigenvalue weighted by Gasteiger charge is 2.33. The Hall–Kier alpha value is -2.14. The molecule has 27 heavy (non-hydrogen) atoms. The third-order valence-electron chi connectivity index (χ3n) is 5.55. The molecular formula is C22H27F2N3. The van der Waals surface area contributed by atoms with E-state index in [-0.39, 0.29) is 11.6 Å². The molecule has 0 saturated carbocycles. The molecule has 0 aromatic heterocycles. The number of benzene rings is 2. The van der Waals surface area contributed by atoms with E-state index in [1.165, 1.54) is 12.1 Å². The molecule has 2 heterocycles. The predicted molar refractivity (Wildman–Crippen MR) is 107 cm³/mol. The topological polar surface area (TPSA) is 9.72 Å². The van der Waals surface area contributed by atoms with Crippen molar-refractivity contribution >= 4 is 17.1 Å². The van der Waals surface area contributed by atoms with Gasteiger partial charge in [-0.15, -0.1) is 0 Å². The van der Waals surface area contributed by atoms with Gasteiger partial charge >= 0.3 is 0 Å². The fourth-order valence-corrected chi connectivity index (χ4v) is 4.42. The molecule has 1 saturated heterocycles. The molecule has 0 N–H and O–H groups in total. The highest BCUT2D eigenvalue weighted by Crippen LogP contribution is 2.40. The van der Waals surface area contributed by atoms with Gasteiger partial charge in [0.25, 0.3) is 0 Å². The number of likely N-dealkylation sites (tertiary alicyclic amines) is 1. The van der Waals surface area contributed by atoms with Crippen LogP contribution in [0.5, 0.6) is 0 Å². The normalized spacial score (nSPS) is 20.4. The van der Waals surface area contributed by atoms with Crippen LogP contribution in [0.3, 0.4) is 0 Å². The molecule has 0 amide bonds. The first kappa shape index (κ1) is 18.2. The fraction of sp³-hybridized carbons (Fsp3) is 0.455. The quantitative estimate of drug-likeness (QED) is 0.774. The highest BCUT2D eigenvalue weighted by atomic mass is 19.1. The van der Waals surface area contributed by atoms with Crippen molar-refractivity contribution in [3.05, 3.63) is 54.1 Å². The van der Waals surface area contributed by atoms with E-state index in [0.29, 0.717) is 12.0 Å². The average molecular weight is 371 g/mol. The van der Waals surface area contributed by atoms with Crippen LogP contribution >= 0.6 is 0 Å². The van der Waals surface area contributed by atoms with E-state index in [9.17, 15) is 8.78 Å². The van der Waals surface area contributed by atoms with Gasteiger partial charge in [-0.1, -0.05) is 13.8 Å². The molecule has 0 aliphatic carbocycles. The molecule has 2 aromatic carbocycles. The Bertz CT molecular complexity index is 791. The monoisotopic (exact) mass is 371 g/mol. The summed E-state index contributed by atoms with van der Waals surface area (Å²) in [6, 6.07) is 11.9. The van der Waals surface area contributed by atoms with Gasteiger partial charge in [0.15, 0.2) is 0 Å². The van der Waals surface area contributed by atoms with Crippen LogP contribution in [0.25, 0.3) is 0 Å². The molecule has 5 heteroatoms. The maximum Gasteiger partial charge on any atom is 0.125 e. The van der Waals surface area contributed by atoms with Gasteiger partial charge in [-0.25, -0.2) is 8.78 Å². The molecule has 144 valence electrons. The van der Waals surface area contributed by atoms with E-state index >= 15 is 0 Å². The second-order valence-corrected chi connectivity index (χ2v) is 8.05. The van der Waals surface area contributed by atoms with Crippen molar-refractivity contribution in [2.75, 3.05) is 42.5 Å². The lowest BCUT2D eigenvalue weighted by Crippen LogP contribution is -2.46. The van der Waals surface area contributed by atoms with E-state index < -0.39 is 0 Å². The Balaban J connectivity index is 1.61. The molecule has 2 aliphatic heterocycles. The van der Waals surface area contributed by atoms with Gasteiger partial charge in [-0.2, -0.15) is 0 Å². The molecular weight excluding hydrogens is 344 g/mol. The number of nitrogens with zero attached hydrogens (tertiary/aromatic N) is 3. The van der Waals surface area contributed by atoms with Crippen molar-refractivity contribution in [2.24, 2.45) is 5.92 Å². The molecule has 0 unspecified atom stereocenters. The van der Waals surface area contributed by atoms with Crippen molar-refractivity contribution in [2.45, 2.75) is 26.3 Å². The first-order valence-corrected chi connectivity index (χ1v) is 9.83. The van der Waals surface area contributed by atoms with E-state index in [1.54, 1.807) is 24.3 Å². The second kappa shape index (κ2) is 7.47. The summed E-state index contributed by atoms with van der Waals surface area (Å²) >= 11 is 0. The minimum atomic E-state index is -0.256. The van der Waals surface area contributed by atoms with Crippen molar-refractivity contribution < 1.29 is 8.78 Å². The Kier molecular flexibility index (Phi) is 5.04. The maximum absolute atomic E-state index is 14.0. The zero-order chi connectivity index (χ0) is 19.0. The SMILES string of the molecule is CC(C)CN1CC[C@@H](N2CCN(c3ccc(F)cc3)c3cc(F)ccc32)C1. The smallest absolute Gasteiger partial charge is 0.125 e. The molecule has 1 fully saturated rings. The Morgan fingerprint density at radius 1 is 0.926 bits per heavy atom. The number of rotatable bonds is 4. The van der Waals surface area contributed by atoms with Gasteiger partial charge < -0.3 is 14.7 Å². The molecule has 0 bridgehead atoms. The molecule has 4 rings (SSSR count). The van der Waals surface area contributed by atoms with Gasteiger partial charge in [0.2, 0.25) is 0 Å².